The largest absolute Gasteiger partial charge is 0.489 e. The highest BCUT2D eigenvalue weighted by Crippen LogP contribution is 2.37. The predicted molar refractivity (Wildman–Crippen MR) is 125 cm³/mol. The SMILES string of the molecule is O=C1/C(=C/c2ccc(Cl)cc2Cl)Oc2cc(OCc3cc(Br)cc4c3OCOC4)ccc21. The van der Waals surface area contributed by atoms with Gasteiger partial charge in [-0.2, -0.15) is 0 Å². The summed E-state index contributed by atoms with van der Waals surface area (Å²) in [5.41, 5.74) is 2.97. The topological polar surface area (TPSA) is 54.0 Å². The highest BCUT2D eigenvalue weighted by atomic mass is 79.9. The zero-order valence-electron chi connectivity index (χ0n) is 16.5. The summed E-state index contributed by atoms with van der Waals surface area (Å²) >= 11 is 15.7. The van der Waals surface area contributed by atoms with Gasteiger partial charge in [0.15, 0.2) is 12.6 Å². The molecule has 0 fully saturated rings. The number of ketones is 1. The molecule has 5 nitrogen and oxygen atoms in total. The monoisotopic (exact) mass is 532 g/mol. The Bertz CT molecular complexity index is 1270. The van der Waals surface area contributed by atoms with Crippen molar-refractivity contribution in [1.29, 1.82) is 0 Å². The lowest BCUT2D eigenvalue weighted by Crippen LogP contribution is -2.14. The maximum absolute atomic E-state index is 12.7. The molecule has 8 heteroatoms. The van der Waals surface area contributed by atoms with Gasteiger partial charge in [-0.05, 0) is 48.0 Å². The van der Waals surface area contributed by atoms with Gasteiger partial charge in [0.25, 0.3) is 0 Å². The normalized spacial score (nSPS) is 15.7. The first-order valence-electron chi connectivity index (χ1n) is 9.66. The van der Waals surface area contributed by atoms with Gasteiger partial charge >= 0.3 is 0 Å². The number of benzene rings is 3. The molecule has 0 saturated carbocycles. The van der Waals surface area contributed by atoms with Crippen molar-refractivity contribution < 1.29 is 23.7 Å². The Morgan fingerprint density at radius 2 is 1.97 bits per heavy atom. The molecule has 2 aliphatic heterocycles. The van der Waals surface area contributed by atoms with Crippen molar-refractivity contribution in [2.45, 2.75) is 13.2 Å². The first kappa shape index (κ1) is 21.3. The van der Waals surface area contributed by atoms with Crippen LogP contribution < -0.4 is 14.2 Å². The third-order valence-electron chi connectivity index (χ3n) is 5.04. The zero-order valence-corrected chi connectivity index (χ0v) is 19.6. The predicted octanol–water partition coefficient (Wildman–Crippen LogP) is 6.82. The number of hydrogen-bond acceptors (Lipinski definition) is 5. The van der Waals surface area contributed by atoms with E-state index in [4.69, 9.17) is 42.1 Å². The average molecular weight is 534 g/mol. The van der Waals surface area contributed by atoms with Crippen LogP contribution in [0.15, 0.2) is 58.8 Å². The van der Waals surface area contributed by atoms with E-state index in [0.29, 0.717) is 39.3 Å². The van der Waals surface area contributed by atoms with Crippen molar-refractivity contribution in [3.63, 3.8) is 0 Å². The molecular weight excluding hydrogens is 519 g/mol. The van der Waals surface area contributed by atoms with Gasteiger partial charge in [-0.3, -0.25) is 4.79 Å². The van der Waals surface area contributed by atoms with Crippen LogP contribution in [0, 0.1) is 0 Å². The van der Waals surface area contributed by atoms with Crippen molar-refractivity contribution in [2.75, 3.05) is 6.79 Å². The number of ether oxygens (including phenoxy) is 4. The third-order valence-corrected chi connectivity index (χ3v) is 6.06. The Morgan fingerprint density at radius 1 is 1.09 bits per heavy atom. The molecule has 0 bridgehead atoms. The summed E-state index contributed by atoms with van der Waals surface area (Å²) < 4.78 is 23.7. The summed E-state index contributed by atoms with van der Waals surface area (Å²) in [6.45, 7) is 0.990. The summed E-state index contributed by atoms with van der Waals surface area (Å²) in [5.74, 6) is 1.76. The molecule has 162 valence electrons. The molecule has 3 aromatic rings. The Hall–Kier alpha value is -2.51. The molecule has 0 amide bonds. The molecule has 0 aliphatic carbocycles. The molecule has 0 spiro atoms. The van der Waals surface area contributed by atoms with E-state index in [1.807, 2.05) is 12.1 Å². The number of halogens is 3. The molecule has 0 saturated heterocycles. The van der Waals surface area contributed by atoms with Crippen molar-refractivity contribution in [3.8, 4) is 17.2 Å². The smallest absolute Gasteiger partial charge is 0.231 e. The lowest BCUT2D eigenvalue weighted by atomic mass is 10.1. The second kappa shape index (κ2) is 8.79. The first-order valence-corrected chi connectivity index (χ1v) is 11.2. The Labute approximate surface area is 202 Å². The molecule has 2 heterocycles. The number of hydrogen-bond donors (Lipinski definition) is 0. The fourth-order valence-corrected chi connectivity index (χ4v) is 4.56. The van der Waals surface area contributed by atoms with E-state index >= 15 is 0 Å². The van der Waals surface area contributed by atoms with Crippen LogP contribution in [0.25, 0.3) is 6.08 Å². The number of fused-ring (bicyclic) bond motifs is 2. The number of rotatable bonds is 4. The average Bonchev–Trinajstić information content (AvgIpc) is 3.08. The van der Waals surface area contributed by atoms with Crippen molar-refractivity contribution in [3.05, 3.63) is 91.1 Å². The molecule has 0 N–H and O–H groups in total. The highest BCUT2D eigenvalue weighted by Gasteiger charge is 2.28. The Kier molecular flexibility index (Phi) is 5.86. The fraction of sp³-hybridized carbons (Fsp3) is 0.125. The second-order valence-corrected chi connectivity index (χ2v) is 8.98. The van der Waals surface area contributed by atoms with Gasteiger partial charge in [0.05, 0.1) is 12.2 Å². The van der Waals surface area contributed by atoms with E-state index in [-0.39, 0.29) is 24.9 Å². The van der Waals surface area contributed by atoms with E-state index in [2.05, 4.69) is 15.9 Å². The maximum Gasteiger partial charge on any atom is 0.231 e. The van der Waals surface area contributed by atoms with Gasteiger partial charge in [-0.25, -0.2) is 0 Å². The molecule has 32 heavy (non-hydrogen) atoms. The lowest BCUT2D eigenvalue weighted by molar-refractivity contribution is -0.0176. The van der Waals surface area contributed by atoms with E-state index in [0.717, 1.165) is 21.3 Å². The first-order chi connectivity index (χ1) is 15.5. The van der Waals surface area contributed by atoms with Gasteiger partial charge in [-0.15, -0.1) is 0 Å². The minimum Gasteiger partial charge on any atom is -0.489 e. The standard InChI is InChI=1S/C24H15BrCl2O5/c25-16-5-14-10-29-12-31-24(14)15(6-16)11-30-18-3-4-19-21(9-18)32-22(23(19)28)7-13-1-2-17(26)8-20(13)27/h1-9H,10-12H2/b22-7-. The maximum atomic E-state index is 12.7. The van der Waals surface area contributed by atoms with Crippen LogP contribution in [0.2, 0.25) is 10.0 Å². The van der Waals surface area contributed by atoms with Crippen LogP contribution >= 0.6 is 39.1 Å². The number of carbonyl (C=O) groups is 1. The van der Waals surface area contributed by atoms with Gasteiger partial charge < -0.3 is 18.9 Å². The molecule has 0 unspecified atom stereocenters. The zero-order chi connectivity index (χ0) is 22.2. The van der Waals surface area contributed by atoms with E-state index < -0.39 is 0 Å². The van der Waals surface area contributed by atoms with Crippen molar-refractivity contribution in [2.24, 2.45) is 0 Å². The summed E-state index contributed by atoms with van der Waals surface area (Å²) in [7, 11) is 0. The van der Waals surface area contributed by atoms with Crippen LogP contribution in [0.4, 0.5) is 0 Å². The second-order valence-electron chi connectivity index (χ2n) is 7.22. The van der Waals surface area contributed by atoms with E-state index in [1.54, 1.807) is 42.5 Å². The molecule has 0 atom stereocenters. The van der Waals surface area contributed by atoms with Crippen LogP contribution in [-0.4, -0.2) is 12.6 Å². The Morgan fingerprint density at radius 3 is 2.81 bits per heavy atom. The fourth-order valence-electron chi connectivity index (χ4n) is 3.54. The van der Waals surface area contributed by atoms with Crippen LogP contribution in [0.3, 0.4) is 0 Å². The van der Waals surface area contributed by atoms with Crippen LogP contribution in [0.1, 0.15) is 27.0 Å². The lowest BCUT2D eigenvalue weighted by Gasteiger charge is -2.21. The number of allylic oxidation sites excluding steroid dienone is 1. The molecule has 0 radical (unpaired) electrons. The van der Waals surface area contributed by atoms with Crippen LogP contribution in [-0.2, 0) is 18.0 Å². The minimum absolute atomic E-state index is 0.191. The van der Waals surface area contributed by atoms with Crippen LogP contribution in [0.5, 0.6) is 17.2 Å². The van der Waals surface area contributed by atoms with E-state index in [9.17, 15) is 4.79 Å². The van der Waals surface area contributed by atoms with Crippen molar-refractivity contribution in [1.82, 2.24) is 0 Å². The number of Topliss-reactive ketones (excluding diaryl/α,β-unsaturated/α-hetero) is 1. The van der Waals surface area contributed by atoms with Gasteiger partial charge in [0.1, 0.15) is 23.9 Å². The number of carbonyl (C=O) groups excluding carboxylic acids is 1. The third kappa shape index (κ3) is 4.24. The van der Waals surface area contributed by atoms with Crippen molar-refractivity contribution >= 4 is 51.0 Å². The summed E-state index contributed by atoms with van der Waals surface area (Å²) in [5, 5.41) is 0.955. The Balaban J connectivity index is 1.35. The van der Waals surface area contributed by atoms with Gasteiger partial charge in [-0.1, -0.05) is 45.2 Å². The van der Waals surface area contributed by atoms with Gasteiger partial charge in [0, 0.05) is 31.7 Å². The molecule has 5 rings (SSSR count). The molecule has 0 aromatic heterocycles. The quantitative estimate of drug-likeness (QED) is 0.344. The van der Waals surface area contributed by atoms with Gasteiger partial charge in [0.2, 0.25) is 5.78 Å². The highest BCUT2D eigenvalue weighted by molar-refractivity contribution is 9.10. The molecule has 3 aromatic carbocycles. The van der Waals surface area contributed by atoms with E-state index in [1.165, 1.54) is 0 Å². The summed E-state index contributed by atoms with van der Waals surface area (Å²) in [6, 6.07) is 14.1. The minimum atomic E-state index is -0.216. The molecule has 2 aliphatic rings. The summed E-state index contributed by atoms with van der Waals surface area (Å²) in [6.07, 6.45) is 1.61. The summed E-state index contributed by atoms with van der Waals surface area (Å²) in [4.78, 5) is 12.7. The molecular formula is C24H15BrCl2O5.